The van der Waals surface area contributed by atoms with Gasteiger partial charge in [-0.3, -0.25) is 4.79 Å². The molecule has 0 aliphatic carbocycles. The molecule has 2 heterocycles. The van der Waals surface area contributed by atoms with Gasteiger partial charge in [0.25, 0.3) is 5.56 Å². The van der Waals surface area contributed by atoms with E-state index in [0.717, 1.165) is 13.0 Å². The molecule has 2 unspecified atom stereocenters. The first-order valence-corrected chi connectivity index (χ1v) is 5.59. The number of anilines is 1. The van der Waals surface area contributed by atoms with Gasteiger partial charge < -0.3 is 15.0 Å². The van der Waals surface area contributed by atoms with E-state index >= 15 is 0 Å². The number of rotatable bonds is 2. The summed E-state index contributed by atoms with van der Waals surface area (Å²) in [5.74, 6) is 0.570. The number of halogens is 1. The number of aromatic amines is 1. The zero-order chi connectivity index (χ0) is 10.8. The van der Waals surface area contributed by atoms with Gasteiger partial charge in [-0.25, -0.2) is 4.98 Å². The van der Waals surface area contributed by atoms with E-state index in [-0.39, 0.29) is 17.7 Å². The molecule has 1 aliphatic heterocycles. The van der Waals surface area contributed by atoms with Crippen LogP contribution in [0.15, 0.2) is 15.6 Å². The van der Waals surface area contributed by atoms with Crippen molar-refractivity contribution in [3.8, 4) is 0 Å². The van der Waals surface area contributed by atoms with Crippen molar-refractivity contribution in [1.82, 2.24) is 9.97 Å². The standard InChI is InChI=1S/C9H12BrN3O2/c1-5-6(2-3-15-5)13-8-7(10)9(14)12-4-11-8/h4-6H,2-3H2,1H3,(H2,11,12,13,14). The van der Waals surface area contributed by atoms with Crippen LogP contribution in [-0.2, 0) is 4.74 Å². The Morgan fingerprint density at radius 3 is 3.20 bits per heavy atom. The van der Waals surface area contributed by atoms with Crippen molar-refractivity contribution in [2.75, 3.05) is 11.9 Å². The highest BCUT2D eigenvalue weighted by Gasteiger charge is 2.25. The molecule has 82 valence electrons. The molecule has 0 saturated carbocycles. The first kappa shape index (κ1) is 10.6. The first-order chi connectivity index (χ1) is 7.18. The molecule has 1 aromatic rings. The van der Waals surface area contributed by atoms with Gasteiger partial charge in [0, 0.05) is 6.61 Å². The Bertz CT molecular complexity index is 407. The number of nitrogens with zero attached hydrogens (tertiary/aromatic N) is 1. The predicted octanol–water partition coefficient (Wildman–Crippen LogP) is 1.12. The maximum Gasteiger partial charge on any atom is 0.267 e. The normalized spacial score (nSPS) is 25.5. The van der Waals surface area contributed by atoms with Crippen molar-refractivity contribution in [1.29, 1.82) is 0 Å². The number of H-pyrrole nitrogens is 1. The lowest BCUT2D eigenvalue weighted by molar-refractivity contribution is 0.121. The van der Waals surface area contributed by atoms with Crippen LogP contribution in [0.1, 0.15) is 13.3 Å². The number of ether oxygens (including phenoxy) is 1. The van der Waals surface area contributed by atoms with E-state index in [4.69, 9.17) is 4.74 Å². The lowest BCUT2D eigenvalue weighted by Crippen LogP contribution is -2.28. The van der Waals surface area contributed by atoms with Gasteiger partial charge >= 0.3 is 0 Å². The molecule has 15 heavy (non-hydrogen) atoms. The summed E-state index contributed by atoms with van der Waals surface area (Å²) < 4.78 is 5.85. The molecule has 0 radical (unpaired) electrons. The van der Waals surface area contributed by atoms with Gasteiger partial charge in [-0.1, -0.05) is 0 Å². The van der Waals surface area contributed by atoms with Gasteiger partial charge in [0.2, 0.25) is 0 Å². The number of hydrogen-bond acceptors (Lipinski definition) is 4. The zero-order valence-electron chi connectivity index (χ0n) is 8.29. The summed E-state index contributed by atoms with van der Waals surface area (Å²) in [7, 11) is 0. The van der Waals surface area contributed by atoms with Gasteiger partial charge in [-0.15, -0.1) is 0 Å². The highest BCUT2D eigenvalue weighted by atomic mass is 79.9. The molecule has 6 heteroatoms. The number of hydrogen-bond donors (Lipinski definition) is 2. The van der Waals surface area contributed by atoms with Crippen molar-refractivity contribution in [3.63, 3.8) is 0 Å². The van der Waals surface area contributed by atoms with Crippen molar-refractivity contribution in [2.24, 2.45) is 0 Å². The van der Waals surface area contributed by atoms with E-state index in [2.05, 4.69) is 31.2 Å². The summed E-state index contributed by atoms with van der Waals surface area (Å²) in [6.45, 7) is 2.76. The highest BCUT2D eigenvalue weighted by molar-refractivity contribution is 9.10. The minimum Gasteiger partial charge on any atom is -0.376 e. The van der Waals surface area contributed by atoms with Crippen molar-refractivity contribution in [3.05, 3.63) is 21.2 Å². The molecule has 5 nitrogen and oxygen atoms in total. The van der Waals surface area contributed by atoms with Gasteiger partial charge in [-0.05, 0) is 29.3 Å². The summed E-state index contributed by atoms with van der Waals surface area (Å²) >= 11 is 3.20. The van der Waals surface area contributed by atoms with Gasteiger partial charge in [0.15, 0.2) is 0 Å². The third kappa shape index (κ3) is 2.21. The van der Waals surface area contributed by atoms with E-state index in [9.17, 15) is 4.79 Å². The monoisotopic (exact) mass is 273 g/mol. The van der Waals surface area contributed by atoms with Crippen LogP contribution in [-0.4, -0.2) is 28.7 Å². The smallest absolute Gasteiger partial charge is 0.267 e. The fourth-order valence-corrected chi connectivity index (χ4v) is 1.91. The molecule has 1 aromatic heterocycles. The lowest BCUT2D eigenvalue weighted by Gasteiger charge is -2.16. The molecule has 0 amide bonds. The zero-order valence-corrected chi connectivity index (χ0v) is 9.87. The van der Waals surface area contributed by atoms with E-state index in [0.29, 0.717) is 10.3 Å². The Morgan fingerprint density at radius 2 is 2.53 bits per heavy atom. The summed E-state index contributed by atoms with van der Waals surface area (Å²) in [6, 6.07) is 0.218. The fourth-order valence-electron chi connectivity index (χ4n) is 1.58. The lowest BCUT2D eigenvalue weighted by atomic mass is 10.1. The topological polar surface area (TPSA) is 67.0 Å². The van der Waals surface area contributed by atoms with E-state index < -0.39 is 0 Å². The van der Waals surface area contributed by atoms with Crippen molar-refractivity contribution < 1.29 is 4.74 Å². The average molecular weight is 274 g/mol. The molecule has 1 aliphatic rings. The summed E-state index contributed by atoms with van der Waals surface area (Å²) in [5, 5.41) is 3.20. The molecule has 1 fully saturated rings. The van der Waals surface area contributed by atoms with Crippen LogP contribution in [0.25, 0.3) is 0 Å². The molecular formula is C9H12BrN3O2. The van der Waals surface area contributed by atoms with Gasteiger partial charge in [0.05, 0.1) is 18.5 Å². The molecule has 2 rings (SSSR count). The molecule has 0 aromatic carbocycles. The second kappa shape index (κ2) is 4.32. The molecule has 0 spiro atoms. The second-order valence-corrected chi connectivity index (χ2v) is 4.30. The molecule has 0 bridgehead atoms. The third-order valence-electron chi connectivity index (χ3n) is 2.49. The first-order valence-electron chi connectivity index (χ1n) is 4.80. The van der Waals surface area contributed by atoms with E-state index in [1.54, 1.807) is 0 Å². The van der Waals surface area contributed by atoms with Crippen LogP contribution in [0.3, 0.4) is 0 Å². The van der Waals surface area contributed by atoms with Crippen LogP contribution in [0.2, 0.25) is 0 Å². The summed E-state index contributed by atoms with van der Waals surface area (Å²) in [4.78, 5) is 17.8. The van der Waals surface area contributed by atoms with Crippen LogP contribution in [0, 0.1) is 0 Å². The average Bonchev–Trinajstić information content (AvgIpc) is 2.60. The maximum atomic E-state index is 11.3. The Balaban J connectivity index is 2.17. The predicted molar refractivity (Wildman–Crippen MR) is 60.0 cm³/mol. The number of aromatic nitrogens is 2. The summed E-state index contributed by atoms with van der Waals surface area (Å²) in [6.07, 6.45) is 2.47. The fraction of sp³-hybridized carbons (Fsp3) is 0.556. The minimum atomic E-state index is -0.181. The Kier molecular flexibility index (Phi) is 3.06. The van der Waals surface area contributed by atoms with E-state index in [1.165, 1.54) is 6.33 Å². The van der Waals surface area contributed by atoms with Gasteiger partial charge in [-0.2, -0.15) is 0 Å². The number of nitrogens with one attached hydrogen (secondary N) is 2. The summed E-state index contributed by atoms with van der Waals surface area (Å²) in [5.41, 5.74) is -0.181. The van der Waals surface area contributed by atoms with Crippen LogP contribution in [0.5, 0.6) is 0 Å². The van der Waals surface area contributed by atoms with Crippen LogP contribution in [0.4, 0.5) is 5.82 Å². The maximum absolute atomic E-state index is 11.3. The van der Waals surface area contributed by atoms with Crippen molar-refractivity contribution in [2.45, 2.75) is 25.5 Å². The quantitative estimate of drug-likeness (QED) is 0.848. The second-order valence-electron chi connectivity index (χ2n) is 3.51. The minimum absolute atomic E-state index is 0.151. The Morgan fingerprint density at radius 1 is 1.73 bits per heavy atom. The SMILES string of the molecule is CC1OCCC1Nc1nc[nH]c(=O)c1Br. The molecule has 2 N–H and O–H groups in total. The third-order valence-corrected chi connectivity index (χ3v) is 3.23. The molecular weight excluding hydrogens is 262 g/mol. The Hall–Kier alpha value is -0.880. The van der Waals surface area contributed by atoms with E-state index in [1.807, 2.05) is 6.92 Å². The Labute approximate surface area is 95.4 Å². The molecule has 1 saturated heterocycles. The van der Waals surface area contributed by atoms with Gasteiger partial charge in [0.1, 0.15) is 10.3 Å². The largest absolute Gasteiger partial charge is 0.376 e. The van der Waals surface area contributed by atoms with Crippen LogP contribution >= 0.6 is 15.9 Å². The van der Waals surface area contributed by atoms with Crippen molar-refractivity contribution >= 4 is 21.7 Å². The molecule has 2 atom stereocenters. The highest BCUT2D eigenvalue weighted by Crippen LogP contribution is 2.20. The van der Waals surface area contributed by atoms with Crippen LogP contribution < -0.4 is 10.9 Å².